The van der Waals surface area contributed by atoms with Gasteiger partial charge in [0.1, 0.15) is 11.8 Å². The molecule has 0 atom stereocenters. The molecule has 0 amide bonds. The van der Waals surface area contributed by atoms with Crippen LogP contribution in [-0.4, -0.2) is 18.3 Å². The van der Waals surface area contributed by atoms with E-state index < -0.39 is 8.07 Å². The largest absolute Gasteiger partial charge is 0.277 e. The summed E-state index contributed by atoms with van der Waals surface area (Å²) in [5.74, 6) is 3.55. The molecule has 0 aliphatic carbocycles. The second-order valence-corrected chi connectivity index (χ2v) is 13.5. The standard InChI is InChI=1S/C18H25IN2Si/c1-12(2)22(13(3)4,14(5)6)11-10-15-8-7-9-16-17(15)18(19)21-20-16/h7-9,12-14H,1-6H3,(H,20,21). The monoisotopic (exact) mass is 424 g/mol. The molecule has 0 radical (unpaired) electrons. The minimum absolute atomic E-state index is 0.655. The Hall–Kier alpha value is -0.803. The summed E-state index contributed by atoms with van der Waals surface area (Å²) in [6.07, 6.45) is 0. The van der Waals surface area contributed by atoms with Gasteiger partial charge in [0.2, 0.25) is 0 Å². The molecule has 2 nitrogen and oxygen atoms in total. The second kappa shape index (κ2) is 6.75. The number of fused-ring (bicyclic) bond motifs is 1. The maximum atomic E-state index is 4.31. The van der Waals surface area contributed by atoms with Gasteiger partial charge >= 0.3 is 0 Å². The van der Waals surface area contributed by atoms with Crippen LogP contribution < -0.4 is 0 Å². The Bertz CT molecular complexity index is 698. The molecule has 1 heterocycles. The molecule has 4 heteroatoms. The molecule has 1 N–H and O–H groups in total. The highest BCUT2D eigenvalue weighted by Gasteiger charge is 2.41. The van der Waals surface area contributed by atoms with Gasteiger partial charge < -0.3 is 0 Å². The lowest BCUT2D eigenvalue weighted by atomic mass is 10.1. The van der Waals surface area contributed by atoms with Crippen LogP contribution in [0.2, 0.25) is 16.6 Å². The SMILES string of the molecule is CC(C)[Si](C#Cc1cccc2[nH]nc(I)c12)(C(C)C)C(C)C. The third kappa shape index (κ3) is 2.98. The Morgan fingerprint density at radius 3 is 2.18 bits per heavy atom. The number of hydrogen-bond acceptors (Lipinski definition) is 1. The van der Waals surface area contributed by atoms with Crippen molar-refractivity contribution in [1.82, 2.24) is 10.2 Å². The van der Waals surface area contributed by atoms with Gasteiger partial charge in [-0.1, -0.05) is 53.5 Å². The Balaban J connectivity index is 2.60. The summed E-state index contributed by atoms with van der Waals surface area (Å²) in [6, 6.07) is 6.24. The second-order valence-electron chi connectivity index (χ2n) is 6.89. The summed E-state index contributed by atoms with van der Waals surface area (Å²) >= 11 is 2.28. The van der Waals surface area contributed by atoms with Gasteiger partial charge in [-0.05, 0) is 51.3 Å². The van der Waals surface area contributed by atoms with E-state index in [1.54, 1.807) is 0 Å². The minimum Gasteiger partial charge on any atom is -0.277 e. The van der Waals surface area contributed by atoms with E-state index in [-0.39, 0.29) is 0 Å². The highest BCUT2D eigenvalue weighted by Crippen LogP contribution is 2.40. The highest BCUT2D eigenvalue weighted by molar-refractivity contribution is 14.1. The molecule has 0 aliphatic heterocycles. The highest BCUT2D eigenvalue weighted by atomic mass is 127. The van der Waals surface area contributed by atoms with E-state index in [0.717, 1.165) is 20.2 Å². The predicted molar refractivity (Wildman–Crippen MR) is 107 cm³/mol. The minimum atomic E-state index is -1.69. The number of benzene rings is 1. The fraction of sp³-hybridized carbons (Fsp3) is 0.500. The zero-order chi connectivity index (χ0) is 16.5. The lowest BCUT2D eigenvalue weighted by Crippen LogP contribution is -2.43. The molecule has 2 aromatic rings. The molecule has 0 saturated heterocycles. The van der Waals surface area contributed by atoms with Gasteiger partial charge in [0.25, 0.3) is 0 Å². The van der Waals surface area contributed by atoms with Crippen molar-refractivity contribution in [1.29, 1.82) is 0 Å². The number of hydrogen-bond donors (Lipinski definition) is 1. The molecule has 0 spiro atoms. The molecule has 0 saturated carbocycles. The summed E-state index contributed by atoms with van der Waals surface area (Å²) in [5.41, 5.74) is 7.94. The average Bonchev–Trinajstić information content (AvgIpc) is 2.81. The predicted octanol–water partition coefficient (Wildman–Crippen LogP) is 5.74. The first-order valence-electron chi connectivity index (χ1n) is 7.96. The summed E-state index contributed by atoms with van der Waals surface area (Å²) in [5, 5.41) is 8.55. The van der Waals surface area contributed by atoms with E-state index >= 15 is 0 Å². The van der Waals surface area contributed by atoms with Gasteiger partial charge in [-0.3, -0.25) is 5.10 Å². The van der Waals surface area contributed by atoms with Crippen LogP contribution in [0.3, 0.4) is 0 Å². The molecule has 1 aromatic heterocycles. The van der Waals surface area contributed by atoms with Crippen LogP contribution in [0, 0.1) is 15.2 Å². The van der Waals surface area contributed by atoms with Gasteiger partial charge in [0, 0.05) is 10.9 Å². The number of halogens is 1. The van der Waals surface area contributed by atoms with Crippen LogP contribution in [0.5, 0.6) is 0 Å². The van der Waals surface area contributed by atoms with Crippen molar-refractivity contribution in [2.45, 2.75) is 58.2 Å². The third-order valence-corrected chi connectivity index (χ3v) is 11.9. The first-order valence-corrected chi connectivity index (χ1v) is 11.3. The Morgan fingerprint density at radius 2 is 1.64 bits per heavy atom. The number of rotatable bonds is 3. The number of H-pyrrole nitrogens is 1. The lowest BCUT2D eigenvalue weighted by Gasteiger charge is -2.38. The molecule has 0 bridgehead atoms. The smallest absolute Gasteiger partial charge is 0.146 e. The van der Waals surface area contributed by atoms with E-state index in [4.69, 9.17) is 0 Å². The number of nitrogens with zero attached hydrogens (tertiary/aromatic N) is 1. The fourth-order valence-electron chi connectivity index (χ4n) is 3.75. The maximum Gasteiger partial charge on any atom is 0.146 e. The van der Waals surface area contributed by atoms with Crippen molar-refractivity contribution in [3.8, 4) is 11.5 Å². The molecule has 2 rings (SSSR count). The van der Waals surface area contributed by atoms with E-state index in [1.807, 2.05) is 0 Å². The van der Waals surface area contributed by atoms with E-state index in [0.29, 0.717) is 16.6 Å². The summed E-state index contributed by atoms with van der Waals surface area (Å²) in [4.78, 5) is 0. The molecular weight excluding hydrogens is 399 g/mol. The molecule has 1 aromatic carbocycles. The number of aromatic amines is 1. The van der Waals surface area contributed by atoms with Crippen LogP contribution in [0.25, 0.3) is 10.9 Å². The summed E-state index contributed by atoms with van der Waals surface area (Å²) in [6.45, 7) is 14.1. The average molecular weight is 424 g/mol. The molecular formula is C18H25IN2Si. The molecule has 0 fully saturated rings. The molecule has 118 valence electrons. The van der Waals surface area contributed by atoms with Gasteiger partial charge in [-0.25, -0.2) is 0 Å². The van der Waals surface area contributed by atoms with Crippen molar-refractivity contribution in [2.75, 3.05) is 0 Å². The number of aromatic nitrogens is 2. The van der Waals surface area contributed by atoms with Crippen molar-refractivity contribution < 1.29 is 0 Å². The van der Waals surface area contributed by atoms with E-state index in [2.05, 4.69) is 104 Å². The van der Waals surface area contributed by atoms with Gasteiger partial charge in [-0.15, -0.1) is 5.54 Å². The van der Waals surface area contributed by atoms with Crippen LogP contribution in [-0.2, 0) is 0 Å². The number of nitrogens with one attached hydrogen (secondary N) is 1. The Morgan fingerprint density at radius 1 is 1.05 bits per heavy atom. The van der Waals surface area contributed by atoms with Gasteiger partial charge in [0.05, 0.1) is 5.52 Å². The zero-order valence-corrected chi connectivity index (χ0v) is 17.4. The maximum absolute atomic E-state index is 4.31. The third-order valence-electron chi connectivity index (χ3n) is 4.82. The zero-order valence-electron chi connectivity index (χ0n) is 14.3. The normalized spacial score (nSPS) is 12.3. The van der Waals surface area contributed by atoms with Crippen LogP contribution in [0.1, 0.15) is 47.1 Å². The summed E-state index contributed by atoms with van der Waals surface area (Å²) in [7, 11) is -1.69. The Kier molecular flexibility index (Phi) is 5.39. The summed E-state index contributed by atoms with van der Waals surface area (Å²) < 4.78 is 1.00. The first-order chi connectivity index (χ1) is 10.3. The molecule has 22 heavy (non-hydrogen) atoms. The van der Waals surface area contributed by atoms with E-state index in [9.17, 15) is 0 Å². The van der Waals surface area contributed by atoms with Crippen molar-refractivity contribution >= 4 is 41.6 Å². The topological polar surface area (TPSA) is 28.7 Å². The van der Waals surface area contributed by atoms with Crippen LogP contribution in [0.4, 0.5) is 0 Å². The quantitative estimate of drug-likeness (QED) is 0.380. The fourth-order valence-corrected chi connectivity index (χ4v) is 9.66. The van der Waals surface area contributed by atoms with Crippen molar-refractivity contribution in [2.24, 2.45) is 0 Å². The van der Waals surface area contributed by atoms with Crippen molar-refractivity contribution in [3.05, 3.63) is 27.5 Å². The molecule has 0 unspecified atom stereocenters. The van der Waals surface area contributed by atoms with E-state index in [1.165, 1.54) is 0 Å². The first kappa shape index (κ1) is 17.5. The van der Waals surface area contributed by atoms with Gasteiger partial charge in [0.15, 0.2) is 0 Å². The van der Waals surface area contributed by atoms with Crippen molar-refractivity contribution in [3.63, 3.8) is 0 Å². The van der Waals surface area contributed by atoms with Gasteiger partial charge in [-0.2, -0.15) is 5.10 Å². The van der Waals surface area contributed by atoms with Crippen LogP contribution >= 0.6 is 22.6 Å². The molecule has 0 aliphatic rings. The Labute approximate surface area is 148 Å². The van der Waals surface area contributed by atoms with Crippen LogP contribution in [0.15, 0.2) is 18.2 Å². The lowest BCUT2D eigenvalue weighted by molar-refractivity contribution is 0.838.